The van der Waals surface area contributed by atoms with Crippen LogP contribution >= 0.6 is 11.3 Å². The summed E-state index contributed by atoms with van der Waals surface area (Å²) in [5.74, 6) is -0.267. The first-order chi connectivity index (χ1) is 19.9. The Bertz CT molecular complexity index is 1880. The van der Waals surface area contributed by atoms with E-state index in [0.717, 1.165) is 44.7 Å². The molecule has 4 aromatic carbocycles. The van der Waals surface area contributed by atoms with Gasteiger partial charge in [-0.2, -0.15) is 5.10 Å². The number of benzene rings is 4. The molecule has 0 atom stereocenters. The average Bonchev–Trinajstić information content (AvgIpc) is 3.57. The summed E-state index contributed by atoms with van der Waals surface area (Å²) in [5.41, 5.74) is 11.4. The van der Waals surface area contributed by atoms with E-state index in [1.54, 1.807) is 29.7 Å². The van der Waals surface area contributed by atoms with Crippen LogP contribution in [0.3, 0.4) is 0 Å². The lowest BCUT2D eigenvalue weighted by atomic mass is 10.1. The first-order valence-corrected chi connectivity index (χ1v) is 14.2. The highest BCUT2D eigenvalue weighted by atomic mass is 32.1. The van der Waals surface area contributed by atoms with Gasteiger partial charge in [-0.3, -0.25) is 4.79 Å². The van der Waals surface area contributed by atoms with Crippen molar-refractivity contribution in [1.82, 2.24) is 15.0 Å². The van der Waals surface area contributed by atoms with Crippen molar-refractivity contribution in [2.75, 3.05) is 5.32 Å². The van der Waals surface area contributed by atoms with Crippen LogP contribution in [0, 0.1) is 20.8 Å². The van der Waals surface area contributed by atoms with E-state index in [2.05, 4.69) is 95.8 Å². The molecule has 6 rings (SSSR count). The van der Waals surface area contributed by atoms with Gasteiger partial charge < -0.3 is 9.88 Å². The van der Waals surface area contributed by atoms with Gasteiger partial charge in [0, 0.05) is 44.8 Å². The smallest absolute Gasteiger partial charge is 0.271 e. The highest BCUT2D eigenvalue weighted by molar-refractivity contribution is 7.14. The average molecular weight is 556 g/mol. The van der Waals surface area contributed by atoms with E-state index >= 15 is 0 Å². The molecule has 0 aliphatic rings. The topological polar surface area (TPSA) is 71.3 Å². The number of hydrazone groups is 1. The molecule has 2 heterocycles. The van der Waals surface area contributed by atoms with Crippen molar-refractivity contribution >= 4 is 45.0 Å². The Morgan fingerprint density at radius 1 is 0.878 bits per heavy atom. The standard InChI is InChI=1S/C34H29N5OS/c1-22-8-15-30(16-9-22)36-34-37-32(21-41-34)26-10-12-27(13-11-26)33(40)38-35-20-29-18-23(2)39(24(29)3)31-17-14-25-6-4-5-7-28(25)19-31/h4-21H,1-3H3,(H,36,37)(H,38,40)/b35-20-. The van der Waals surface area contributed by atoms with Crippen LogP contribution in [0.25, 0.3) is 27.7 Å². The van der Waals surface area contributed by atoms with Crippen LogP contribution in [-0.2, 0) is 0 Å². The van der Waals surface area contributed by atoms with Gasteiger partial charge in [-0.1, -0.05) is 60.2 Å². The molecule has 1 amide bonds. The molecule has 0 aliphatic carbocycles. The number of rotatable bonds is 7. The Labute approximate surface area is 243 Å². The SMILES string of the molecule is Cc1ccc(Nc2nc(-c3ccc(C(=O)N/N=C\c4cc(C)n(-c5ccc6ccccc6c5)c4C)cc3)cs2)cc1. The number of amides is 1. The van der Waals surface area contributed by atoms with E-state index in [-0.39, 0.29) is 5.91 Å². The lowest BCUT2D eigenvalue weighted by molar-refractivity contribution is 0.0955. The maximum atomic E-state index is 12.8. The molecule has 202 valence electrons. The van der Waals surface area contributed by atoms with Gasteiger partial charge in [-0.15, -0.1) is 11.3 Å². The normalized spacial score (nSPS) is 11.3. The number of aromatic nitrogens is 2. The zero-order chi connectivity index (χ0) is 28.3. The quantitative estimate of drug-likeness (QED) is 0.154. The van der Waals surface area contributed by atoms with E-state index in [9.17, 15) is 4.79 Å². The monoisotopic (exact) mass is 555 g/mol. The lowest BCUT2D eigenvalue weighted by Gasteiger charge is -2.11. The van der Waals surface area contributed by atoms with E-state index in [1.165, 1.54) is 16.3 Å². The summed E-state index contributed by atoms with van der Waals surface area (Å²) in [4.78, 5) is 17.5. The van der Waals surface area contributed by atoms with Crippen molar-refractivity contribution in [2.45, 2.75) is 20.8 Å². The van der Waals surface area contributed by atoms with E-state index in [1.807, 2.05) is 35.7 Å². The van der Waals surface area contributed by atoms with Crippen LogP contribution in [0.15, 0.2) is 108 Å². The summed E-state index contributed by atoms with van der Waals surface area (Å²) in [5, 5.41) is 12.8. The minimum atomic E-state index is -0.267. The summed E-state index contributed by atoms with van der Waals surface area (Å²) in [6.07, 6.45) is 1.70. The Balaban J connectivity index is 1.11. The highest BCUT2D eigenvalue weighted by Gasteiger charge is 2.11. The number of nitrogens with one attached hydrogen (secondary N) is 2. The second-order valence-corrected chi connectivity index (χ2v) is 10.9. The molecule has 0 bridgehead atoms. The fourth-order valence-corrected chi connectivity index (χ4v) is 5.61. The van der Waals surface area contributed by atoms with Gasteiger partial charge in [0.25, 0.3) is 5.91 Å². The zero-order valence-corrected chi connectivity index (χ0v) is 23.9. The minimum absolute atomic E-state index is 0.267. The van der Waals surface area contributed by atoms with Crippen LogP contribution in [-0.4, -0.2) is 21.7 Å². The fourth-order valence-electron chi connectivity index (χ4n) is 4.87. The van der Waals surface area contributed by atoms with Crippen LogP contribution in [0.2, 0.25) is 0 Å². The van der Waals surface area contributed by atoms with Crippen molar-refractivity contribution < 1.29 is 4.79 Å². The Kier molecular flexibility index (Phi) is 7.18. The summed E-state index contributed by atoms with van der Waals surface area (Å²) < 4.78 is 2.20. The number of hydrogen-bond donors (Lipinski definition) is 2. The molecule has 7 heteroatoms. The number of carbonyl (C=O) groups is 1. The Morgan fingerprint density at radius 2 is 1.63 bits per heavy atom. The molecule has 2 aromatic heterocycles. The zero-order valence-electron chi connectivity index (χ0n) is 23.1. The van der Waals surface area contributed by atoms with Crippen molar-refractivity contribution in [1.29, 1.82) is 0 Å². The molecular weight excluding hydrogens is 526 g/mol. The van der Waals surface area contributed by atoms with Gasteiger partial charge >= 0.3 is 0 Å². The molecule has 0 radical (unpaired) electrons. The second-order valence-electron chi connectivity index (χ2n) is 10.00. The minimum Gasteiger partial charge on any atom is -0.332 e. The van der Waals surface area contributed by atoms with Crippen molar-refractivity contribution in [3.63, 3.8) is 0 Å². The molecule has 6 aromatic rings. The van der Waals surface area contributed by atoms with Crippen LogP contribution < -0.4 is 10.7 Å². The van der Waals surface area contributed by atoms with Crippen molar-refractivity contribution in [3.05, 3.63) is 131 Å². The van der Waals surface area contributed by atoms with E-state index in [4.69, 9.17) is 4.98 Å². The number of carbonyl (C=O) groups excluding carboxylic acids is 1. The predicted molar refractivity (Wildman–Crippen MR) is 170 cm³/mol. The Hall–Kier alpha value is -5.01. The molecule has 6 nitrogen and oxygen atoms in total. The van der Waals surface area contributed by atoms with Gasteiger partial charge in [-0.05, 0) is 74.0 Å². The third-order valence-corrected chi connectivity index (χ3v) is 7.84. The third kappa shape index (κ3) is 5.66. The molecule has 0 saturated carbocycles. The molecule has 41 heavy (non-hydrogen) atoms. The fraction of sp³-hybridized carbons (Fsp3) is 0.0882. The van der Waals surface area contributed by atoms with Crippen molar-refractivity contribution in [3.8, 4) is 16.9 Å². The van der Waals surface area contributed by atoms with E-state index < -0.39 is 0 Å². The van der Waals surface area contributed by atoms with Crippen LogP contribution in [0.4, 0.5) is 10.8 Å². The number of fused-ring (bicyclic) bond motifs is 1. The first kappa shape index (κ1) is 26.2. The van der Waals surface area contributed by atoms with Crippen LogP contribution in [0.5, 0.6) is 0 Å². The van der Waals surface area contributed by atoms with Gasteiger partial charge in [0.15, 0.2) is 5.13 Å². The maximum Gasteiger partial charge on any atom is 0.271 e. The van der Waals surface area contributed by atoms with Gasteiger partial charge in [0.1, 0.15) is 0 Å². The molecule has 0 aliphatic heterocycles. The number of hydrogen-bond acceptors (Lipinski definition) is 5. The largest absolute Gasteiger partial charge is 0.332 e. The number of nitrogens with zero attached hydrogens (tertiary/aromatic N) is 3. The molecule has 0 fully saturated rings. The molecule has 0 unspecified atom stereocenters. The number of thiazole rings is 1. The molecular formula is C34H29N5OS. The number of anilines is 2. The maximum absolute atomic E-state index is 12.8. The Morgan fingerprint density at radius 3 is 2.41 bits per heavy atom. The molecule has 0 saturated heterocycles. The summed E-state index contributed by atoms with van der Waals surface area (Å²) in [7, 11) is 0. The first-order valence-electron chi connectivity index (χ1n) is 13.4. The molecule has 2 N–H and O–H groups in total. The van der Waals surface area contributed by atoms with Gasteiger partial charge in [0.05, 0.1) is 11.9 Å². The lowest BCUT2D eigenvalue weighted by Crippen LogP contribution is -2.17. The van der Waals surface area contributed by atoms with E-state index in [0.29, 0.717) is 5.56 Å². The number of aryl methyl sites for hydroxylation is 2. The second kappa shape index (κ2) is 11.2. The summed E-state index contributed by atoms with van der Waals surface area (Å²) >= 11 is 1.54. The molecule has 0 spiro atoms. The van der Waals surface area contributed by atoms with Gasteiger partial charge in [0.2, 0.25) is 0 Å². The van der Waals surface area contributed by atoms with Crippen LogP contribution in [0.1, 0.15) is 32.9 Å². The summed E-state index contributed by atoms with van der Waals surface area (Å²) in [6.45, 7) is 6.20. The highest BCUT2D eigenvalue weighted by Crippen LogP contribution is 2.28. The third-order valence-electron chi connectivity index (χ3n) is 7.08. The van der Waals surface area contributed by atoms with Gasteiger partial charge in [-0.25, -0.2) is 10.4 Å². The van der Waals surface area contributed by atoms with Crippen molar-refractivity contribution in [2.24, 2.45) is 5.10 Å². The summed E-state index contributed by atoms with van der Waals surface area (Å²) in [6, 6.07) is 32.5. The predicted octanol–water partition coefficient (Wildman–Crippen LogP) is 8.19.